The Morgan fingerprint density at radius 2 is 2.14 bits per heavy atom. The van der Waals surface area contributed by atoms with Crippen LogP contribution >= 0.6 is 0 Å². The van der Waals surface area contributed by atoms with Gasteiger partial charge in [-0.3, -0.25) is 9.69 Å². The van der Waals surface area contributed by atoms with E-state index in [2.05, 4.69) is 10.2 Å². The van der Waals surface area contributed by atoms with Gasteiger partial charge in [0.1, 0.15) is 11.8 Å². The van der Waals surface area contributed by atoms with Gasteiger partial charge in [-0.05, 0) is 55.5 Å². The highest BCUT2D eigenvalue weighted by Crippen LogP contribution is 2.42. The Labute approximate surface area is 124 Å². The number of phenolic OH excluding ortho intramolecular Hbond substituents is 1. The highest BCUT2D eigenvalue weighted by Gasteiger charge is 2.46. The van der Waals surface area contributed by atoms with Crippen LogP contribution in [0.2, 0.25) is 0 Å². The summed E-state index contributed by atoms with van der Waals surface area (Å²) in [6.07, 6.45) is 2.84. The Hall–Kier alpha value is -1.59. The van der Waals surface area contributed by atoms with Gasteiger partial charge < -0.3 is 15.5 Å². The summed E-state index contributed by atoms with van der Waals surface area (Å²) in [5.41, 5.74) is 1.11. The van der Waals surface area contributed by atoms with Gasteiger partial charge in [0, 0.05) is 13.1 Å². The Balaban J connectivity index is 1.77. The monoisotopic (exact) mass is 290 g/mol. The number of rotatable bonds is 3. The van der Waals surface area contributed by atoms with Crippen LogP contribution in [0.4, 0.5) is 0 Å². The van der Waals surface area contributed by atoms with Crippen molar-refractivity contribution in [2.24, 2.45) is 5.41 Å². The maximum absolute atomic E-state index is 11.6. The number of benzene rings is 1. The van der Waals surface area contributed by atoms with Crippen molar-refractivity contribution in [3.05, 3.63) is 29.8 Å². The standard InChI is InChI=1S/C16H22N2O3/c19-13-3-1-2-12(8-13)10-18-11-16(4-6-17-7-5-16)9-14(18)15(20)21/h1-3,8,14,17,19H,4-7,9-11H2,(H,20,21)/t14-/m0/s1. The minimum atomic E-state index is -0.731. The number of carboxylic acids is 1. The molecule has 2 heterocycles. The summed E-state index contributed by atoms with van der Waals surface area (Å²) in [7, 11) is 0. The lowest BCUT2D eigenvalue weighted by Gasteiger charge is -2.33. The zero-order valence-corrected chi connectivity index (χ0v) is 12.1. The molecule has 0 saturated carbocycles. The molecule has 0 aromatic heterocycles. The van der Waals surface area contributed by atoms with Crippen molar-refractivity contribution in [3.8, 4) is 5.75 Å². The van der Waals surface area contributed by atoms with Crippen LogP contribution in [-0.4, -0.2) is 46.8 Å². The van der Waals surface area contributed by atoms with E-state index in [-0.39, 0.29) is 11.2 Å². The maximum Gasteiger partial charge on any atom is 0.320 e. The molecule has 2 aliphatic heterocycles. The third-order valence-electron chi connectivity index (χ3n) is 4.85. The molecule has 114 valence electrons. The minimum absolute atomic E-state index is 0.144. The first-order valence-corrected chi connectivity index (χ1v) is 7.54. The number of nitrogens with zero attached hydrogens (tertiary/aromatic N) is 1. The highest BCUT2D eigenvalue weighted by atomic mass is 16.4. The van der Waals surface area contributed by atoms with E-state index in [1.807, 2.05) is 6.07 Å². The third-order valence-corrected chi connectivity index (χ3v) is 4.85. The summed E-state index contributed by atoms with van der Waals surface area (Å²) in [6, 6.07) is 6.68. The number of carboxylic acid groups (broad SMARTS) is 1. The van der Waals surface area contributed by atoms with Gasteiger partial charge in [-0.15, -0.1) is 0 Å². The SMILES string of the molecule is O=C(O)[C@@H]1CC2(CCNCC2)CN1Cc1cccc(O)c1. The van der Waals surface area contributed by atoms with Gasteiger partial charge in [0.15, 0.2) is 0 Å². The Bertz CT molecular complexity index is 526. The molecule has 2 fully saturated rings. The number of likely N-dealkylation sites (tertiary alicyclic amines) is 1. The summed E-state index contributed by atoms with van der Waals surface area (Å²) >= 11 is 0. The summed E-state index contributed by atoms with van der Waals surface area (Å²) in [5.74, 6) is -0.499. The first-order chi connectivity index (χ1) is 10.1. The molecule has 0 bridgehead atoms. The van der Waals surface area contributed by atoms with E-state index >= 15 is 0 Å². The number of aromatic hydroxyl groups is 1. The number of piperidine rings is 1. The molecule has 0 amide bonds. The lowest BCUT2D eigenvalue weighted by molar-refractivity contribution is -0.142. The van der Waals surface area contributed by atoms with Crippen molar-refractivity contribution in [3.63, 3.8) is 0 Å². The largest absolute Gasteiger partial charge is 0.508 e. The van der Waals surface area contributed by atoms with Crippen molar-refractivity contribution in [1.82, 2.24) is 10.2 Å². The molecular weight excluding hydrogens is 268 g/mol. The Morgan fingerprint density at radius 3 is 2.81 bits per heavy atom. The molecule has 1 aromatic carbocycles. The molecule has 3 N–H and O–H groups in total. The van der Waals surface area contributed by atoms with Gasteiger partial charge >= 0.3 is 5.97 Å². The topological polar surface area (TPSA) is 72.8 Å². The second-order valence-corrected chi connectivity index (χ2v) is 6.38. The molecule has 1 atom stereocenters. The van der Waals surface area contributed by atoms with E-state index in [4.69, 9.17) is 0 Å². The van der Waals surface area contributed by atoms with Crippen LogP contribution in [0.15, 0.2) is 24.3 Å². The predicted molar refractivity (Wildman–Crippen MR) is 79.1 cm³/mol. The normalized spacial score (nSPS) is 25.2. The van der Waals surface area contributed by atoms with Crippen LogP contribution < -0.4 is 5.32 Å². The van der Waals surface area contributed by atoms with E-state index in [1.54, 1.807) is 18.2 Å². The molecule has 1 aromatic rings. The highest BCUT2D eigenvalue weighted by molar-refractivity contribution is 5.74. The van der Waals surface area contributed by atoms with Gasteiger partial charge in [-0.25, -0.2) is 0 Å². The van der Waals surface area contributed by atoms with Gasteiger partial charge in [-0.2, -0.15) is 0 Å². The number of nitrogens with one attached hydrogen (secondary N) is 1. The molecule has 0 radical (unpaired) electrons. The zero-order chi connectivity index (χ0) is 14.9. The van der Waals surface area contributed by atoms with E-state index in [0.717, 1.165) is 44.5 Å². The van der Waals surface area contributed by atoms with Crippen molar-refractivity contribution >= 4 is 5.97 Å². The second kappa shape index (κ2) is 5.66. The fourth-order valence-electron chi connectivity index (χ4n) is 3.76. The predicted octanol–water partition coefficient (Wildman–Crippen LogP) is 1.42. The summed E-state index contributed by atoms with van der Waals surface area (Å²) in [4.78, 5) is 13.6. The molecular formula is C16H22N2O3. The van der Waals surface area contributed by atoms with Gasteiger partial charge in [0.2, 0.25) is 0 Å². The van der Waals surface area contributed by atoms with Gasteiger partial charge in [0.25, 0.3) is 0 Å². The molecule has 1 spiro atoms. The zero-order valence-electron chi connectivity index (χ0n) is 12.1. The molecule has 3 rings (SSSR count). The minimum Gasteiger partial charge on any atom is -0.508 e. The third kappa shape index (κ3) is 3.04. The van der Waals surface area contributed by atoms with Crippen LogP contribution in [-0.2, 0) is 11.3 Å². The fourth-order valence-corrected chi connectivity index (χ4v) is 3.76. The van der Waals surface area contributed by atoms with Crippen molar-refractivity contribution in [1.29, 1.82) is 0 Å². The average molecular weight is 290 g/mol. The number of carbonyl (C=O) groups is 1. The first kappa shape index (κ1) is 14.4. The van der Waals surface area contributed by atoms with Crippen LogP contribution in [0.25, 0.3) is 0 Å². The second-order valence-electron chi connectivity index (χ2n) is 6.38. The summed E-state index contributed by atoms with van der Waals surface area (Å²) < 4.78 is 0. The number of aliphatic carboxylic acids is 1. The lowest BCUT2D eigenvalue weighted by Crippen LogP contribution is -2.38. The van der Waals surface area contributed by atoms with Gasteiger partial charge in [0.05, 0.1) is 0 Å². The van der Waals surface area contributed by atoms with Crippen molar-refractivity contribution < 1.29 is 15.0 Å². The number of phenols is 1. The first-order valence-electron chi connectivity index (χ1n) is 7.54. The lowest BCUT2D eigenvalue weighted by atomic mass is 9.77. The molecule has 21 heavy (non-hydrogen) atoms. The van der Waals surface area contributed by atoms with Gasteiger partial charge in [-0.1, -0.05) is 12.1 Å². The Kier molecular flexibility index (Phi) is 3.87. The molecule has 0 unspecified atom stereocenters. The quantitative estimate of drug-likeness (QED) is 0.785. The summed E-state index contributed by atoms with van der Waals surface area (Å²) in [5, 5.41) is 22.4. The fraction of sp³-hybridized carbons (Fsp3) is 0.562. The van der Waals surface area contributed by atoms with E-state index in [0.29, 0.717) is 6.54 Å². The van der Waals surface area contributed by atoms with Crippen LogP contribution in [0.3, 0.4) is 0 Å². The van der Waals surface area contributed by atoms with E-state index in [9.17, 15) is 15.0 Å². The van der Waals surface area contributed by atoms with Crippen LogP contribution in [0, 0.1) is 5.41 Å². The van der Waals surface area contributed by atoms with Crippen molar-refractivity contribution in [2.75, 3.05) is 19.6 Å². The molecule has 5 nitrogen and oxygen atoms in total. The molecule has 2 aliphatic rings. The smallest absolute Gasteiger partial charge is 0.320 e. The van der Waals surface area contributed by atoms with E-state index < -0.39 is 12.0 Å². The average Bonchev–Trinajstić information content (AvgIpc) is 2.78. The maximum atomic E-state index is 11.6. The summed E-state index contributed by atoms with van der Waals surface area (Å²) in [6.45, 7) is 3.38. The molecule has 5 heteroatoms. The van der Waals surface area contributed by atoms with Crippen LogP contribution in [0.1, 0.15) is 24.8 Å². The van der Waals surface area contributed by atoms with Crippen LogP contribution in [0.5, 0.6) is 5.75 Å². The van der Waals surface area contributed by atoms with E-state index in [1.165, 1.54) is 0 Å². The Morgan fingerprint density at radius 1 is 1.38 bits per heavy atom. The van der Waals surface area contributed by atoms with Crippen molar-refractivity contribution in [2.45, 2.75) is 31.8 Å². The number of hydrogen-bond donors (Lipinski definition) is 3. The molecule has 2 saturated heterocycles. The number of hydrogen-bond acceptors (Lipinski definition) is 4. The molecule has 0 aliphatic carbocycles.